The predicted octanol–water partition coefficient (Wildman–Crippen LogP) is 9.20. The van der Waals surface area contributed by atoms with E-state index in [1.54, 1.807) is 0 Å². The van der Waals surface area contributed by atoms with Crippen molar-refractivity contribution in [1.29, 1.82) is 0 Å². The minimum Gasteiger partial charge on any atom is -0.356 e. The Labute approximate surface area is 280 Å². The predicted molar refractivity (Wildman–Crippen MR) is 200 cm³/mol. The third-order valence-corrected chi connectivity index (χ3v) is 11.0. The molecule has 0 unspecified atom stereocenters. The molecular weight excluding hydrogens is 589 g/mol. The molecule has 0 aliphatic carbocycles. The van der Waals surface area contributed by atoms with Gasteiger partial charge in [-0.25, -0.2) is 9.97 Å². The summed E-state index contributed by atoms with van der Waals surface area (Å²) < 4.78 is 4.96. The van der Waals surface area contributed by atoms with Gasteiger partial charge < -0.3 is 9.80 Å². The first-order valence-electron chi connectivity index (χ1n) is 17.8. The largest absolute Gasteiger partial charge is 0.356 e. The highest BCUT2D eigenvalue weighted by molar-refractivity contribution is 6.13. The molecule has 6 nitrogen and oxygen atoms in total. The van der Waals surface area contributed by atoms with Crippen LogP contribution in [0.5, 0.6) is 0 Å². The lowest BCUT2D eigenvalue weighted by Crippen LogP contribution is -2.22. The van der Waals surface area contributed by atoms with Crippen LogP contribution >= 0.6 is 0 Å². The molecule has 2 fully saturated rings. The summed E-state index contributed by atoms with van der Waals surface area (Å²) in [6.45, 7) is 8.69. The maximum Gasteiger partial charge on any atom is 0.147 e. The summed E-state index contributed by atoms with van der Waals surface area (Å²) in [5.41, 5.74) is 9.57. The van der Waals surface area contributed by atoms with Gasteiger partial charge in [0.25, 0.3) is 0 Å². The summed E-state index contributed by atoms with van der Waals surface area (Å²) in [6.07, 6.45) is 6.58. The maximum absolute atomic E-state index is 5.54. The first-order valence-corrected chi connectivity index (χ1v) is 17.8. The SMILES string of the molecule is Cc1ccc2c(c1)c1ccccc1c1nc(CCc3nc4c5ccccc5c5cc(C)ccc5n4c3N3CCCC3)c(N3CCCC3)n21. The number of fused-ring (bicyclic) bond motifs is 12. The molecule has 2 aliphatic heterocycles. The molecule has 0 atom stereocenters. The quantitative estimate of drug-likeness (QED) is 0.178. The van der Waals surface area contributed by atoms with Crippen molar-refractivity contribution in [3.63, 3.8) is 0 Å². The van der Waals surface area contributed by atoms with Crippen molar-refractivity contribution in [2.45, 2.75) is 52.4 Å². The van der Waals surface area contributed by atoms with E-state index in [0.29, 0.717) is 0 Å². The van der Waals surface area contributed by atoms with E-state index >= 15 is 0 Å². The lowest BCUT2D eigenvalue weighted by Gasteiger charge is -2.21. The molecule has 0 saturated carbocycles. The molecule has 2 saturated heterocycles. The van der Waals surface area contributed by atoms with Gasteiger partial charge in [-0.15, -0.1) is 0 Å². The van der Waals surface area contributed by atoms with Crippen molar-refractivity contribution >= 4 is 66.3 Å². The molecule has 6 heterocycles. The van der Waals surface area contributed by atoms with E-state index in [2.05, 4.69) is 117 Å². The number of pyridine rings is 2. The van der Waals surface area contributed by atoms with Crippen molar-refractivity contribution in [2.75, 3.05) is 36.0 Å². The van der Waals surface area contributed by atoms with Gasteiger partial charge in [-0.1, -0.05) is 71.8 Å². The number of nitrogens with zero attached hydrogens (tertiary/aromatic N) is 6. The topological polar surface area (TPSA) is 41.1 Å². The van der Waals surface area contributed by atoms with Gasteiger partial charge in [0.15, 0.2) is 0 Å². The Morgan fingerprint density at radius 3 is 1.29 bits per heavy atom. The number of rotatable bonds is 5. The molecule has 238 valence electrons. The summed E-state index contributed by atoms with van der Waals surface area (Å²) >= 11 is 0. The van der Waals surface area contributed by atoms with Gasteiger partial charge in [-0.05, 0) is 87.4 Å². The normalized spacial score (nSPS) is 15.5. The van der Waals surface area contributed by atoms with Gasteiger partial charge in [0.05, 0.1) is 22.4 Å². The van der Waals surface area contributed by atoms with Gasteiger partial charge in [0.1, 0.15) is 22.9 Å². The van der Waals surface area contributed by atoms with E-state index in [-0.39, 0.29) is 0 Å². The second kappa shape index (κ2) is 10.7. The molecule has 0 radical (unpaired) electrons. The highest BCUT2D eigenvalue weighted by atomic mass is 15.3. The van der Waals surface area contributed by atoms with E-state index in [1.807, 2.05) is 0 Å². The molecule has 8 aromatic rings. The molecular formula is C42H40N6. The minimum absolute atomic E-state index is 0.842. The summed E-state index contributed by atoms with van der Waals surface area (Å²) in [6, 6.07) is 31.5. The van der Waals surface area contributed by atoms with Crippen molar-refractivity contribution in [1.82, 2.24) is 18.8 Å². The lowest BCUT2D eigenvalue weighted by molar-refractivity contribution is 0.850. The Morgan fingerprint density at radius 2 is 0.875 bits per heavy atom. The van der Waals surface area contributed by atoms with Crippen LogP contribution in [0.3, 0.4) is 0 Å². The average molecular weight is 629 g/mol. The number of benzene rings is 4. The first-order chi connectivity index (χ1) is 23.6. The van der Waals surface area contributed by atoms with Crippen LogP contribution in [0.1, 0.15) is 48.2 Å². The average Bonchev–Trinajstić information content (AvgIpc) is 3.93. The number of hydrogen-bond donors (Lipinski definition) is 0. The number of aryl methyl sites for hydroxylation is 4. The Kier molecular flexibility index (Phi) is 6.24. The van der Waals surface area contributed by atoms with Crippen molar-refractivity contribution < 1.29 is 0 Å². The van der Waals surface area contributed by atoms with Gasteiger partial charge in [-0.3, -0.25) is 8.80 Å². The first kappa shape index (κ1) is 28.0. The fraction of sp³-hybridized carbons (Fsp3) is 0.286. The van der Waals surface area contributed by atoms with Crippen molar-refractivity contribution in [2.24, 2.45) is 0 Å². The Balaban J connectivity index is 1.20. The zero-order valence-electron chi connectivity index (χ0n) is 27.8. The van der Waals surface area contributed by atoms with E-state index in [0.717, 1.165) is 50.3 Å². The van der Waals surface area contributed by atoms with E-state index in [4.69, 9.17) is 9.97 Å². The Bertz CT molecular complexity index is 2380. The molecule has 0 bridgehead atoms. The van der Waals surface area contributed by atoms with Crippen LogP contribution in [0.2, 0.25) is 0 Å². The summed E-state index contributed by atoms with van der Waals surface area (Å²) in [7, 11) is 0. The lowest BCUT2D eigenvalue weighted by atomic mass is 10.0. The van der Waals surface area contributed by atoms with Crippen molar-refractivity contribution in [3.05, 3.63) is 107 Å². The number of hydrogen-bond acceptors (Lipinski definition) is 4. The fourth-order valence-electron chi connectivity index (χ4n) is 8.76. The third kappa shape index (κ3) is 4.11. The van der Waals surface area contributed by atoms with Gasteiger partial charge >= 0.3 is 0 Å². The van der Waals surface area contributed by atoms with Crippen molar-refractivity contribution in [3.8, 4) is 0 Å². The monoisotopic (exact) mass is 628 g/mol. The van der Waals surface area contributed by atoms with Crippen LogP contribution in [0.25, 0.3) is 54.6 Å². The maximum atomic E-state index is 5.54. The summed E-state index contributed by atoms with van der Waals surface area (Å²) in [5.74, 6) is 2.56. The smallest absolute Gasteiger partial charge is 0.147 e. The highest BCUT2D eigenvalue weighted by Crippen LogP contribution is 2.39. The van der Waals surface area contributed by atoms with E-state index in [9.17, 15) is 0 Å². The molecule has 10 rings (SSSR count). The summed E-state index contributed by atoms with van der Waals surface area (Å²) in [5, 5.41) is 7.60. The third-order valence-electron chi connectivity index (χ3n) is 11.0. The van der Waals surface area contributed by atoms with Crippen LogP contribution in [-0.4, -0.2) is 44.9 Å². The van der Waals surface area contributed by atoms with E-state index < -0.39 is 0 Å². The molecule has 2 aliphatic rings. The standard InChI is InChI=1S/C42H40N6/c1-27-15-19-37-33(25-27)29-11-3-5-13-31(29)39-43-35(41(47(37)39)45-21-7-8-22-45)17-18-36-42(46-23-9-10-24-46)48-38-20-16-28(2)26-34(38)30-12-4-6-14-32(30)40(48)44-36/h3-6,11-16,19-20,25-26H,7-10,17-18,21-24H2,1-2H3. The van der Waals surface area contributed by atoms with Gasteiger partial charge in [-0.2, -0.15) is 0 Å². The Hall–Kier alpha value is -5.10. The zero-order chi connectivity index (χ0) is 31.9. The molecule has 0 N–H and O–H groups in total. The van der Waals surface area contributed by atoms with Crippen LogP contribution in [0.15, 0.2) is 84.9 Å². The number of aromatic nitrogens is 4. The number of anilines is 2. The fourth-order valence-corrected chi connectivity index (χ4v) is 8.76. The van der Waals surface area contributed by atoms with Crippen LogP contribution < -0.4 is 9.80 Å². The molecule has 4 aromatic carbocycles. The van der Waals surface area contributed by atoms with Gasteiger partial charge in [0.2, 0.25) is 0 Å². The van der Waals surface area contributed by atoms with Crippen LogP contribution in [0.4, 0.5) is 11.6 Å². The minimum atomic E-state index is 0.842. The number of imidazole rings is 2. The van der Waals surface area contributed by atoms with Crippen LogP contribution in [0, 0.1) is 13.8 Å². The Morgan fingerprint density at radius 1 is 0.479 bits per heavy atom. The highest BCUT2D eigenvalue weighted by Gasteiger charge is 2.28. The van der Waals surface area contributed by atoms with Crippen LogP contribution in [-0.2, 0) is 12.8 Å². The van der Waals surface area contributed by atoms with Gasteiger partial charge in [0, 0.05) is 47.7 Å². The molecule has 48 heavy (non-hydrogen) atoms. The second-order valence-electron chi connectivity index (χ2n) is 14.1. The molecule has 0 amide bonds. The molecule has 0 spiro atoms. The second-order valence-corrected chi connectivity index (χ2v) is 14.1. The zero-order valence-corrected chi connectivity index (χ0v) is 27.8. The van der Waals surface area contributed by atoms with E-state index in [1.165, 1.54) is 103 Å². The molecule has 4 aromatic heterocycles. The molecule has 6 heteroatoms. The summed E-state index contributed by atoms with van der Waals surface area (Å²) in [4.78, 5) is 16.3.